The summed E-state index contributed by atoms with van der Waals surface area (Å²) < 4.78 is 5.88. The third kappa shape index (κ3) is 9.80. The van der Waals surface area contributed by atoms with Crippen LogP contribution in [0.15, 0.2) is 36.4 Å². The lowest BCUT2D eigenvalue weighted by atomic mass is 9.80. The minimum Gasteiger partial charge on any atom is -0.494 e. The van der Waals surface area contributed by atoms with Gasteiger partial charge in [0.25, 0.3) is 0 Å². The van der Waals surface area contributed by atoms with E-state index in [9.17, 15) is 0 Å². The predicted molar refractivity (Wildman–Crippen MR) is 123 cm³/mol. The molecule has 1 saturated carbocycles. The highest BCUT2D eigenvalue weighted by Crippen LogP contribution is 2.32. The van der Waals surface area contributed by atoms with Gasteiger partial charge in [0.2, 0.25) is 0 Å². The lowest BCUT2D eigenvalue weighted by Crippen LogP contribution is -2.12. The van der Waals surface area contributed by atoms with Crippen LogP contribution in [0.4, 0.5) is 0 Å². The van der Waals surface area contributed by atoms with Crippen LogP contribution in [0.2, 0.25) is 0 Å². The van der Waals surface area contributed by atoms with E-state index in [-0.39, 0.29) is 0 Å². The minimum atomic E-state index is 0.839. The van der Waals surface area contributed by atoms with Crippen molar-refractivity contribution in [3.8, 4) is 5.75 Å². The summed E-state index contributed by atoms with van der Waals surface area (Å²) in [4.78, 5) is 0. The molecule has 1 heteroatoms. The molecule has 0 spiro atoms. The van der Waals surface area contributed by atoms with Gasteiger partial charge in [-0.3, -0.25) is 0 Å². The van der Waals surface area contributed by atoms with E-state index in [0.717, 1.165) is 37.0 Å². The molecule has 158 valence electrons. The van der Waals surface area contributed by atoms with E-state index in [1.54, 1.807) is 0 Å². The molecule has 0 heterocycles. The average molecular weight is 385 g/mol. The number of aryl methyl sites for hydroxylation is 1. The topological polar surface area (TPSA) is 9.23 Å². The summed E-state index contributed by atoms with van der Waals surface area (Å²) in [6.07, 6.45) is 23.6. The lowest BCUT2D eigenvalue weighted by Gasteiger charge is -2.26. The summed E-state index contributed by atoms with van der Waals surface area (Å²) >= 11 is 0. The monoisotopic (exact) mass is 384 g/mol. The normalized spacial score (nSPS) is 19.9. The first kappa shape index (κ1) is 23.0. The highest BCUT2D eigenvalue weighted by molar-refractivity contribution is 5.27. The zero-order chi connectivity index (χ0) is 19.9. The molecule has 2 rings (SSSR count). The molecule has 0 N–H and O–H groups in total. The molecule has 0 unspecified atom stereocenters. The zero-order valence-electron chi connectivity index (χ0n) is 18.6. The molecule has 1 nitrogen and oxygen atoms in total. The Morgan fingerprint density at radius 3 is 2.29 bits per heavy atom. The van der Waals surface area contributed by atoms with Gasteiger partial charge in [-0.05, 0) is 74.5 Å². The zero-order valence-corrected chi connectivity index (χ0v) is 18.6. The van der Waals surface area contributed by atoms with Gasteiger partial charge in [0.15, 0.2) is 0 Å². The van der Waals surface area contributed by atoms with Crippen molar-refractivity contribution in [1.29, 1.82) is 0 Å². The maximum absolute atomic E-state index is 5.88. The van der Waals surface area contributed by atoms with Crippen molar-refractivity contribution in [2.45, 2.75) is 104 Å². The maximum atomic E-state index is 5.88. The Kier molecular flexibility index (Phi) is 12.1. The summed E-state index contributed by atoms with van der Waals surface area (Å²) in [6.45, 7) is 5.44. The molecule has 0 aromatic heterocycles. The van der Waals surface area contributed by atoms with E-state index < -0.39 is 0 Å². The molecular formula is C27H44O. The summed E-state index contributed by atoms with van der Waals surface area (Å²) in [5, 5.41) is 0. The smallest absolute Gasteiger partial charge is 0.119 e. The van der Waals surface area contributed by atoms with Crippen LogP contribution in [0.1, 0.15) is 103 Å². The second-order valence-corrected chi connectivity index (χ2v) is 8.80. The van der Waals surface area contributed by atoms with Crippen LogP contribution in [0.5, 0.6) is 5.75 Å². The quantitative estimate of drug-likeness (QED) is 0.231. The Morgan fingerprint density at radius 1 is 0.857 bits per heavy atom. The van der Waals surface area contributed by atoms with Crippen LogP contribution in [0.25, 0.3) is 0 Å². The van der Waals surface area contributed by atoms with E-state index in [4.69, 9.17) is 4.74 Å². The van der Waals surface area contributed by atoms with E-state index in [1.807, 2.05) is 0 Å². The molecule has 1 aromatic rings. The van der Waals surface area contributed by atoms with Crippen molar-refractivity contribution < 1.29 is 4.74 Å². The number of benzene rings is 1. The molecule has 0 saturated heterocycles. The van der Waals surface area contributed by atoms with Crippen LogP contribution in [-0.4, -0.2) is 6.61 Å². The van der Waals surface area contributed by atoms with Crippen molar-refractivity contribution >= 4 is 0 Å². The van der Waals surface area contributed by atoms with Crippen LogP contribution >= 0.6 is 0 Å². The lowest BCUT2D eigenvalue weighted by molar-refractivity contribution is 0.294. The summed E-state index contributed by atoms with van der Waals surface area (Å²) in [6, 6.07) is 8.76. The number of hydrogen-bond acceptors (Lipinski definition) is 1. The minimum absolute atomic E-state index is 0.839. The Labute approximate surface area is 175 Å². The van der Waals surface area contributed by atoms with Crippen LogP contribution in [-0.2, 0) is 6.42 Å². The van der Waals surface area contributed by atoms with Crippen molar-refractivity contribution in [1.82, 2.24) is 0 Å². The van der Waals surface area contributed by atoms with Gasteiger partial charge in [0.05, 0.1) is 6.61 Å². The fraction of sp³-hybridized carbons (Fsp3) is 0.704. The number of hydrogen-bond donors (Lipinski definition) is 0. The SMILES string of the molecule is CCCCCCCCOc1ccc(CC/C=C/[C@H]2CC[C@H](CCC)CC2)cc1. The molecule has 1 fully saturated rings. The standard InChI is InChI=1S/C27H44O/c1-3-5-6-7-8-11-23-28-27-21-19-26(20-22-27)14-10-9-13-25-17-15-24(12-4-2)16-18-25/h9,13,19-22,24-25H,3-8,10-12,14-18,23H2,1-2H3/b13-9+/t24-,25-. The van der Waals surface area contributed by atoms with Crippen molar-refractivity contribution in [3.63, 3.8) is 0 Å². The fourth-order valence-corrected chi connectivity index (χ4v) is 4.44. The summed E-state index contributed by atoms with van der Waals surface area (Å²) in [5.74, 6) is 2.87. The number of allylic oxidation sites excluding steroid dienone is 2. The molecule has 0 aliphatic heterocycles. The van der Waals surface area contributed by atoms with Gasteiger partial charge in [0, 0.05) is 0 Å². The van der Waals surface area contributed by atoms with E-state index in [2.05, 4.69) is 50.3 Å². The number of rotatable bonds is 14. The van der Waals surface area contributed by atoms with Crippen LogP contribution in [0.3, 0.4) is 0 Å². The van der Waals surface area contributed by atoms with Gasteiger partial charge in [0.1, 0.15) is 5.75 Å². The third-order valence-corrected chi connectivity index (χ3v) is 6.29. The van der Waals surface area contributed by atoms with Gasteiger partial charge >= 0.3 is 0 Å². The third-order valence-electron chi connectivity index (χ3n) is 6.29. The summed E-state index contributed by atoms with van der Waals surface area (Å²) in [7, 11) is 0. The van der Waals surface area contributed by atoms with Crippen LogP contribution in [0, 0.1) is 11.8 Å². The average Bonchev–Trinajstić information content (AvgIpc) is 2.73. The van der Waals surface area contributed by atoms with Gasteiger partial charge < -0.3 is 4.74 Å². The molecule has 0 amide bonds. The predicted octanol–water partition coefficient (Wildman–Crippen LogP) is 8.52. The van der Waals surface area contributed by atoms with E-state index in [1.165, 1.54) is 82.6 Å². The first-order chi connectivity index (χ1) is 13.8. The maximum Gasteiger partial charge on any atom is 0.119 e. The highest BCUT2D eigenvalue weighted by Gasteiger charge is 2.18. The van der Waals surface area contributed by atoms with Crippen molar-refractivity contribution in [2.75, 3.05) is 6.61 Å². The number of ether oxygens (including phenoxy) is 1. The highest BCUT2D eigenvalue weighted by atomic mass is 16.5. The first-order valence-electron chi connectivity index (χ1n) is 12.2. The molecular weight excluding hydrogens is 340 g/mol. The number of unbranched alkanes of at least 4 members (excludes halogenated alkanes) is 5. The Morgan fingerprint density at radius 2 is 1.57 bits per heavy atom. The molecule has 1 aromatic carbocycles. The Balaban J connectivity index is 1.55. The van der Waals surface area contributed by atoms with Gasteiger partial charge in [-0.25, -0.2) is 0 Å². The molecule has 0 bridgehead atoms. The van der Waals surface area contributed by atoms with Crippen molar-refractivity contribution in [3.05, 3.63) is 42.0 Å². The van der Waals surface area contributed by atoms with Crippen molar-refractivity contribution in [2.24, 2.45) is 11.8 Å². The summed E-state index contributed by atoms with van der Waals surface area (Å²) in [5.41, 5.74) is 1.42. The first-order valence-corrected chi connectivity index (χ1v) is 12.2. The Bertz CT molecular complexity index is 508. The van der Waals surface area contributed by atoms with Gasteiger partial charge in [-0.15, -0.1) is 0 Å². The molecule has 1 aliphatic rings. The largest absolute Gasteiger partial charge is 0.494 e. The van der Waals surface area contributed by atoms with E-state index >= 15 is 0 Å². The van der Waals surface area contributed by atoms with E-state index in [0.29, 0.717) is 0 Å². The van der Waals surface area contributed by atoms with Gasteiger partial charge in [-0.1, -0.05) is 83.1 Å². The molecule has 28 heavy (non-hydrogen) atoms. The molecule has 1 aliphatic carbocycles. The van der Waals surface area contributed by atoms with Gasteiger partial charge in [-0.2, -0.15) is 0 Å². The Hall–Kier alpha value is -1.24. The molecule has 0 atom stereocenters. The molecule has 0 radical (unpaired) electrons. The fourth-order valence-electron chi connectivity index (χ4n) is 4.44. The second kappa shape index (κ2) is 14.7. The second-order valence-electron chi connectivity index (χ2n) is 8.80. The van der Waals surface area contributed by atoms with Crippen LogP contribution < -0.4 is 4.74 Å².